The molecule has 106 valence electrons. The summed E-state index contributed by atoms with van der Waals surface area (Å²) in [7, 11) is 0. The maximum absolute atomic E-state index is 10.5. The van der Waals surface area contributed by atoms with Gasteiger partial charge in [0.15, 0.2) is 0 Å². The Kier molecular flexibility index (Phi) is 3.49. The number of nitrogen functional groups attached to an aromatic ring is 1. The van der Waals surface area contributed by atoms with E-state index in [2.05, 4.69) is 10.3 Å². The van der Waals surface area contributed by atoms with Gasteiger partial charge in [0, 0.05) is 29.7 Å². The molecule has 0 bridgehead atoms. The van der Waals surface area contributed by atoms with Crippen molar-refractivity contribution in [1.82, 2.24) is 4.98 Å². The van der Waals surface area contributed by atoms with Crippen molar-refractivity contribution < 1.29 is 5.11 Å². The Labute approximate surface area is 119 Å². The summed E-state index contributed by atoms with van der Waals surface area (Å²) in [5.41, 5.74) is 7.24. The lowest BCUT2D eigenvalue weighted by atomic mass is 9.85. The molecule has 0 radical (unpaired) electrons. The maximum atomic E-state index is 10.5. The molecule has 1 heterocycles. The van der Waals surface area contributed by atoms with Gasteiger partial charge in [-0.2, -0.15) is 0 Å². The maximum Gasteiger partial charge on any atom is 0.0819 e. The van der Waals surface area contributed by atoms with Gasteiger partial charge in [-0.15, -0.1) is 0 Å². The third-order valence-electron chi connectivity index (χ3n) is 4.25. The number of nitrogens with two attached hydrogens (primary N) is 1. The lowest BCUT2D eigenvalue weighted by Crippen LogP contribution is -2.38. The zero-order valence-corrected chi connectivity index (χ0v) is 11.6. The van der Waals surface area contributed by atoms with Crippen LogP contribution in [-0.4, -0.2) is 22.2 Å². The second-order valence-electron chi connectivity index (χ2n) is 5.76. The summed E-state index contributed by atoms with van der Waals surface area (Å²) in [6.07, 6.45) is 8.75. The monoisotopic (exact) mass is 271 g/mol. The minimum absolute atomic E-state index is 0.563. The molecule has 0 saturated heterocycles. The highest BCUT2D eigenvalue weighted by Gasteiger charge is 2.28. The van der Waals surface area contributed by atoms with Crippen molar-refractivity contribution in [3.8, 4) is 0 Å². The van der Waals surface area contributed by atoms with E-state index in [0.717, 1.165) is 47.8 Å². The first-order chi connectivity index (χ1) is 9.68. The average Bonchev–Trinajstić information content (AvgIpc) is 2.48. The van der Waals surface area contributed by atoms with E-state index in [1.54, 1.807) is 6.20 Å². The number of hydrogen-bond acceptors (Lipinski definition) is 4. The molecule has 1 aromatic carbocycles. The van der Waals surface area contributed by atoms with Crippen LogP contribution in [0, 0.1) is 0 Å². The number of aromatic nitrogens is 1. The molecule has 2 aromatic rings. The van der Waals surface area contributed by atoms with Crippen molar-refractivity contribution >= 4 is 22.1 Å². The second-order valence-corrected chi connectivity index (χ2v) is 5.76. The number of pyridine rings is 1. The molecule has 1 aliphatic rings. The highest BCUT2D eigenvalue weighted by atomic mass is 16.3. The number of fused-ring (bicyclic) bond motifs is 1. The van der Waals surface area contributed by atoms with Crippen molar-refractivity contribution in [3.63, 3.8) is 0 Å². The highest BCUT2D eigenvalue weighted by Crippen LogP contribution is 2.31. The molecule has 0 atom stereocenters. The van der Waals surface area contributed by atoms with E-state index in [4.69, 9.17) is 5.73 Å². The number of anilines is 2. The van der Waals surface area contributed by atoms with Crippen LogP contribution in [0.1, 0.15) is 32.1 Å². The number of nitrogens with zero attached hydrogens (tertiary/aromatic N) is 1. The first-order valence-corrected chi connectivity index (χ1v) is 7.26. The molecule has 0 aliphatic heterocycles. The summed E-state index contributed by atoms with van der Waals surface area (Å²) in [5, 5.41) is 15.9. The number of rotatable bonds is 3. The zero-order chi connectivity index (χ0) is 14.0. The van der Waals surface area contributed by atoms with Crippen molar-refractivity contribution in [2.75, 3.05) is 17.6 Å². The smallest absolute Gasteiger partial charge is 0.0819 e. The minimum atomic E-state index is -0.585. The molecular formula is C16H21N3O. The minimum Gasteiger partial charge on any atom is -0.397 e. The van der Waals surface area contributed by atoms with E-state index >= 15 is 0 Å². The molecular weight excluding hydrogens is 250 g/mol. The van der Waals surface area contributed by atoms with Gasteiger partial charge in [0.25, 0.3) is 0 Å². The molecule has 0 spiro atoms. The van der Waals surface area contributed by atoms with Crippen molar-refractivity contribution in [3.05, 3.63) is 30.6 Å². The Bertz CT molecular complexity index is 606. The molecule has 20 heavy (non-hydrogen) atoms. The van der Waals surface area contributed by atoms with Crippen LogP contribution in [-0.2, 0) is 0 Å². The normalized spacial score (nSPS) is 18.1. The SMILES string of the molecule is Nc1c(NCC2(O)CCCCC2)ccc2cnccc12. The van der Waals surface area contributed by atoms with Gasteiger partial charge in [-0.1, -0.05) is 25.3 Å². The molecule has 0 unspecified atom stereocenters. The Balaban J connectivity index is 1.79. The molecule has 1 fully saturated rings. The van der Waals surface area contributed by atoms with Gasteiger partial charge in [0.2, 0.25) is 0 Å². The molecule has 0 amide bonds. The lowest BCUT2D eigenvalue weighted by molar-refractivity contribution is 0.0167. The van der Waals surface area contributed by atoms with Crippen LogP contribution in [0.25, 0.3) is 10.8 Å². The van der Waals surface area contributed by atoms with E-state index in [9.17, 15) is 5.11 Å². The number of aliphatic hydroxyl groups is 1. The van der Waals surface area contributed by atoms with Crippen LogP contribution in [0.5, 0.6) is 0 Å². The summed E-state index contributed by atoms with van der Waals surface area (Å²) in [6, 6.07) is 5.89. The molecule has 4 nitrogen and oxygen atoms in total. The van der Waals surface area contributed by atoms with Crippen LogP contribution in [0.2, 0.25) is 0 Å². The van der Waals surface area contributed by atoms with Gasteiger partial charge >= 0.3 is 0 Å². The van der Waals surface area contributed by atoms with E-state index < -0.39 is 5.60 Å². The molecule has 1 saturated carbocycles. The largest absolute Gasteiger partial charge is 0.397 e. The molecule has 4 heteroatoms. The molecule has 1 aliphatic carbocycles. The van der Waals surface area contributed by atoms with Gasteiger partial charge in [-0.25, -0.2) is 0 Å². The average molecular weight is 271 g/mol. The lowest BCUT2D eigenvalue weighted by Gasteiger charge is -2.32. The van der Waals surface area contributed by atoms with Crippen molar-refractivity contribution in [2.45, 2.75) is 37.7 Å². The quantitative estimate of drug-likeness (QED) is 0.751. The zero-order valence-electron chi connectivity index (χ0n) is 11.6. The first kappa shape index (κ1) is 13.2. The van der Waals surface area contributed by atoms with Crippen LogP contribution in [0.4, 0.5) is 11.4 Å². The summed E-state index contributed by atoms with van der Waals surface area (Å²) in [5.74, 6) is 0. The van der Waals surface area contributed by atoms with Crippen LogP contribution < -0.4 is 11.1 Å². The van der Waals surface area contributed by atoms with E-state index in [1.165, 1.54) is 6.42 Å². The van der Waals surface area contributed by atoms with Crippen molar-refractivity contribution in [1.29, 1.82) is 0 Å². The molecule has 1 aromatic heterocycles. The van der Waals surface area contributed by atoms with Gasteiger partial charge in [0.1, 0.15) is 0 Å². The third kappa shape index (κ3) is 2.56. The van der Waals surface area contributed by atoms with Crippen LogP contribution in [0.15, 0.2) is 30.6 Å². The predicted octanol–water partition coefficient (Wildman–Crippen LogP) is 2.92. The van der Waals surface area contributed by atoms with Gasteiger partial charge in [0.05, 0.1) is 17.0 Å². The number of nitrogens with one attached hydrogen (secondary N) is 1. The Morgan fingerprint density at radius 2 is 2.00 bits per heavy atom. The summed E-state index contributed by atoms with van der Waals surface area (Å²) >= 11 is 0. The standard InChI is InChI=1S/C16H21N3O/c17-15-13-6-9-18-10-12(13)4-5-14(15)19-11-16(20)7-2-1-3-8-16/h4-6,9-10,19-20H,1-3,7-8,11,17H2. The fraction of sp³-hybridized carbons (Fsp3) is 0.438. The number of hydrogen-bond donors (Lipinski definition) is 3. The fourth-order valence-corrected chi connectivity index (χ4v) is 2.99. The Morgan fingerprint density at radius 1 is 1.20 bits per heavy atom. The summed E-state index contributed by atoms with van der Waals surface area (Å²) in [6.45, 7) is 0.563. The fourth-order valence-electron chi connectivity index (χ4n) is 2.99. The molecule has 3 rings (SSSR count). The number of benzene rings is 1. The van der Waals surface area contributed by atoms with Gasteiger partial charge in [-0.05, 0) is 25.0 Å². The van der Waals surface area contributed by atoms with Gasteiger partial charge < -0.3 is 16.2 Å². The topological polar surface area (TPSA) is 71.2 Å². The van der Waals surface area contributed by atoms with Crippen LogP contribution in [0.3, 0.4) is 0 Å². The van der Waals surface area contributed by atoms with E-state index in [0.29, 0.717) is 6.54 Å². The summed E-state index contributed by atoms with van der Waals surface area (Å²) < 4.78 is 0. The first-order valence-electron chi connectivity index (χ1n) is 7.26. The predicted molar refractivity (Wildman–Crippen MR) is 82.7 cm³/mol. The van der Waals surface area contributed by atoms with E-state index in [-0.39, 0.29) is 0 Å². The Hall–Kier alpha value is -1.81. The second kappa shape index (κ2) is 5.29. The van der Waals surface area contributed by atoms with Crippen molar-refractivity contribution in [2.24, 2.45) is 0 Å². The summed E-state index contributed by atoms with van der Waals surface area (Å²) in [4.78, 5) is 4.10. The van der Waals surface area contributed by atoms with Gasteiger partial charge in [-0.3, -0.25) is 4.98 Å². The Morgan fingerprint density at radius 3 is 2.80 bits per heavy atom. The highest BCUT2D eigenvalue weighted by molar-refractivity contribution is 5.98. The van der Waals surface area contributed by atoms with E-state index in [1.807, 2.05) is 24.4 Å². The molecule has 4 N–H and O–H groups in total. The third-order valence-corrected chi connectivity index (χ3v) is 4.25. The van der Waals surface area contributed by atoms with Crippen LogP contribution >= 0.6 is 0 Å².